The molecule has 1 amide bonds. The van der Waals surface area contributed by atoms with Gasteiger partial charge < -0.3 is 5.32 Å². The molecule has 2 aromatic heterocycles. The quantitative estimate of drug-likeness (QED) is 0.321. The van der Waals surface area contributed by atoms with Gasteiger partial charge in [0.05, 0.1) is 21.8 Å². The molecule has 0 spiro atoms. The highest BCUT2D eigenvalue weighted by Crippen LogP contribution is 2.27. The van der Waals surface area contributed by atoms with Gasteiger partial charge in [0.2, 0.25) is 11.7 Å². The molecule has 0 fully saturated rings. The molecule has 0 aliphatic rings. The number of hydrogen-bond acceptors (Lipinski definition) is 5. The minimum atomic E-state index is -0.441. The summed E-state index contributed by atoms with van der Waals surface area (Å²) in [6.45, 7) is 7.93. The van der Waals surface area contributed by atoms with Gasteiger partial charge in [-0.15, -0.1) is 10.2 Å². The first-order valence-corrected chi connectivity index (χ1v) is 12.8. The molecule has 2 heterocycles. The molecule has 1 unspecified atom stereocenters. The molecule has 1 atom stereocenters. The van der Waals surface area contributed by atoms with E-state index in [-0.39, 0.29) is 11.5 Å². The Kier molecular flexibility index (Phi) is 6.36. The van der Waals surface area contributed by atoms with E-state index in [1.165, 1.54) is 17.3 Å². The summed E-state index contributed by atoms with van der Waals surface area (Å²) in [6, 6.07) is 21.2. The Hall–Kier alpha value is -3.91. The van der Waals surface area contributed by atoms with E-state index >= 15 is 0 Å². The lowest BCUT2D eigenvalue weighted by molar-refractivity contribution is -0.115. The first-order chi connectivity index (χ1) is 17.4. The van der Waals surface area contributed by atoms with Crippen LogP contribution < -0.4 is 10.9 Å². The number of amides is 1. The summed E-state index contributed by atoms with van der Waals surface area (Å²) in [6.07, 6.45) is 0.946. The summed E-state index contributed by atoms with van der Waals surface area (Å²) < 4.78 is 3.47. The maximum Gasteiger partial charge on any atom is 0.267 e. The van der Waals surface area contributed by atoms with Gasteiger partial charge in [-0.3, -0.25) is 14.0 Å². The predicted molar refractivity (Wildman–Crippen MR) is 145 cm³/mol. The van der Waals surface area contributed by atoms with Crippen molar-refractivity contribution >= 4 is 40.0 Å². The topological polar surface area (TPSA) is 81.3 Å². The van der Waals surface area contributed by atoms with Crippen LogP contribution in [0.5, 0.6) is 0 Å². The number of aromatic nitrogens is 4. The van der Waals surface area contributed by atoms with Crippen molar-refractivity contribution in [1.29, 1.82) is 0 Å². The third kappa shape index (κ3) is 4.28. The second kappa shape index (κ2) is 9.62. The zero-order chi connectivity index (χ0) is 25.4. The summed E-state index contributed by atoms with van der Waals surface area (Å²) in [7, 11) is 0. The van der Waals surface area contributed by atoms with Gasteiger partial charge in [0, 0.05) is 5.69 Å². The van der Waals surface area contributed by atoms with Crippen LogP contribution >= 0.6 is 11.8 Å². The Morgan fingerprint density at radius 2 is 1.78 bits per heavy atom. The van der Waals surface area contributed by atoms with E-state index in [4.69, 9.17) is 0 Å². The zero-order valence-corrected chi connectivity index (χ0v) is 21.5. The highest BCUT2D eigenvalue weighted by atomic mass is 32.2. The maximum atomic E-state index is 13.6. The summed E-state index contributed by atoms with van der Waals surface area (Å²) in [5.74, 6) is 0.281. The van der Waals surface area contributed by atoms with Crippen LogP contribution in [0.25, 0.3) is 22.4 Å². The average molecular weight is 498 g/mol. The Morgan fingerprint density at radius 1 is 1.03 bits per heavy atom. The van der Waals surface area contributed by atoms with Crippen molar-refractivity contribution in [2.24, 2.45) is 0 Å². The number of thioether (sulfide) groups is 1. The van der Waals surface area contributed by atoms with Crippen LogP contribution in [0.4, 0.5) is 5.69 Å². The Balaban J connectivity index is 1.56. The lowest BCUT2D eigenvalue weighted by Gasteiger charge is -2.15. The zero-order valence-electron chi connectivity index (χ0n) is 20.6. The van der Waals surface area contributed by atoms with Crippen molar-refractivity contribution in [1.82, 2.24) is 19.2 Å². The standard InChI is InChI=1S/C28H27N5O2S/c1-5-20-11-13-21(14-12-20)29-25(34)19(4)36-28-31-30-27-32(23-15-10-17(2)16-18(23)3)26(35)22-8-6-7-9-24(22)33(27)28/h6-16,19H,5H2,1-4H3,(H,29,34). The smallest absolute Gasteiger partial charge is 0.267 e. The van der Waals surface area contributed by atoms with Crippen LogP contribution in [-0.4, -0.2) is 30.3 Å². The summed E-state index contributed by atoms with van der Waals surface area (Å²) in [4.78, 5) is 26.5. The molecule has 0 saturated heterocycles. The lowest BCUT2D eigenvalue weighted by atomic mass is 10.1. The molecular formula is C28H27N5O2S. The van der Waals surface area contributed by atoms with Gasteiger partial charge in [-0.2, -0.15) is 0 Å². The third-order valence-electron chi connectivity index (χ3n) is 6.27. The van der Waals surface area contributed by atoms with Gasteiger partial charge in [-0.05, 0) is 68.7 Å². The summed E-state index contributed by atoms with van der Waals surface area (Å²) in [5, 5.41) is 12.5. The molecule has 0 aliphatic heterocycles. The van der Waals surface area contributed by atoms with Crippen LogP contribution in [0.15, 0.2) is 76.7 Å². The number of rotatable bonds is 6. The van der Waals surface area contributed by atoms with E-state index in [0.717, 1.165) is 28.9 Å². The largest absolute Gasteiger partial charge is 0.325 e. The van der Waals surface area contributed by atoms with E-state index in [2.05, 4.69) is 22.4 Å². The van der Waals surface area contributed by atoms with Crippen LogP contribution in [0.1, 0.15) is 30.5 Å². The molecule has 182 valence electrons. The summed E-state index contributed by atoms with van der Waals surface area (Å²) in [5.41, 5.74) is 5.35. The van der Waals surface area contributed by atoms with Crippen LogP contribution in [0, 0.1) is 13.8 Å². The number of benzene rings is 3. The number of para-hydroxylation sites is 1. The van der Waals surface area contributed by atoms with Crippen LogP contribution in [-0.2, 0) is 11.2 Å². The second-order valence-electron chi connectivity index (χ2n) is 8.87. The van der Waals surface area contributed by atoms with E-state index in [1.807, 2.05) is 91.9 Å². The molecule has 5 rings (SSSR count). The van der Waals surface area contributed by atoms with Gasteiger partial charge >= 0.3 is 0 Å². The molecule has 0 aliphatic carbocycles. The predicted octanol–water partition coefficient (Wildman–Crippen LogP) is 5.33. The van der Waals surface area contributed by atoms with E-state index < -0.39 is 5.25 Å². The third-order valence-corrected chi connectivity index (χ3v) is 7.31. The van der Waals surface area contributed by atoms with Gasteiger partial charge in [0.25, 0.3) is 5.56 Å². The van der Waals surface area contributed by atoms with E-state index in [9.17, 15) is 9.59 Å². The molecule has 1 N–H and O–H groups in total. The minimum Gasteiger partial charge on any atom is -0.325 e. The molecule has 8 heteroatoms. The molecule has 7 nitrogen and oxygen atoms in total. The molecular weight excluding hydrogens is 470 g/mol. The number of hydrogen-bond donors (Lipinski definition) is 1. The van der Waals surface area contributed by atoms with Gasteiger partial charge in [-0.25, -0.2) is 4.57 Å². The Morgan fingerprint density at radius 3 is 2.50 bits per heavy atom. The van der Waals surface area contributed by atoms with Crippen molar-refractivity contribution in [3.63, 3.8) is 0 Å². The highest BCUT2D eigenvalue weighted by Gasteiger charge is 2.22. The molecule has 0 bridgehead atoms. The first-order valence-electron chi connectivity index (χ1n) is 11.9. The van der Waals surface area contributed by atoms with Crippen LogP contribution in [0.3, 0.4) is 0 Å². The fourth-order valence-corrected chi connectivity index (χ4v) is 5.16. The Bertz CT molecular complexity index is 1650. The number of anilines is 1. The minimum absolute atomic E-state index is 0.131. The molecule has 36 heavy (non-hydrogen) atoms. The summed E-state index contributed by atoms with van der Waals surface area (Å²) >= 11 is 1.31. The fourth-order valence-electron chi connectivity index (χ4n) is 4.31. The molecule has 0 saturated carbocycles. The van der Waals surface area contributed by atoms with Crippen molar-refractivity contribution in [3.8, 4) is 5.69 Å². The number of nitrogens with zero attached hydrogens (tertiary/aromatic N) is 4. The van der Waals surface area contributed by atoms with Gasteiger partial charge in [0.1, 0.15) is 0 Å². The molecule has 5 aromatic rings. The molecule has 3 aromatic carbocycles. The SMILES string of the molecule is CCc1ccc(NC(=O)C(C)Sc2nnc3n(-c4ccc(C)cc4C)c(=O)c4ccccc4n23)cc1. The fraction of sp³-hybridized carbons (Fsp3) is 0.214. The van der Waals surface area contributed by atoms with Gasteiger partial charge in [-0.1, -0.05) is 60.6 Å². The number of aryl methyl sites for hydroxylation is 3. The van der Waals surface area contributed by atoms with E-state index in [0.29, 0.717) is 21.8 Å². The number of nitrogens with one attached hydrogen (secondary N) is 1. The Labute approximate surface area is 213 Å². The van der Waals surface area contributed by atoms with E-state index in [1.54, 1.807) is 4.57 Å². The molecule has 0 radical (unpaired) electrons. The second-order valence-corrected chi connectivity index (χ2v) is 10.2. The first kappa shape index (κ1) is 23.8. The average Bonchev–Trinajstić information content (AvgIpc) is 3.29. The van der Waals surface area contributed by atoms with Crippen molar-refractivity contribution in [2.75, 3.05) is 5.32 Å². The maximum absolute atomic E-state index is 13.6. The van der Waals surface area contributed by atoms with Crippen molar-refractivity contribution in [2.45, 2.75) is 44.5 Å². The lowest BCUT2D eigenvalue weighted by Crippen LogP contribution is -2.24. The number of fused-ring (bicyclic) bond motifs is 3. The monoisotopic (exact) mass is 497 g/mol. The van der Waals surface area contributed by atoms with Crippen molar-refractivity contribution in [3.05, 3.63) is 93.8 Å². The highest BCUT2D eigenvalue weighted by molar-refractivity contribution is 8.00. The number of carbonyl (C=O) groups is 1. The van der Waals surface area contributed by atoms with Gasteiger partial charge in [0.15, 0.2) is 5.16 Å². The number of carbonyl (C=O) groups excluding carboxylic acids is 1. The normalized spacial score (nSPS) is 12.2. The van der Waals surface area contributed by atoms with Crippen molar-refractivity contribution < 1.29 is 4.79 Å². The van der Waals surface area contributed by atoms with Crippen LogP contribution in [0.2, 0.25) is 0 Å².